The molecule has 34 heavy (non-hydrogen) atoms. The van der Waals surface area contributed by atoms with E-state index in [0.29, 0.717) is 17.2 Å². The summed E-state index contributed by atoms with van der Waals surface area (Å²) in [5, 5.41) is 3.35. The van der Waals surface area contributed by atoms with Gasteiger partial charge in [-0.3, -0.25) is 9.52 Å². The van der Waals surface area contributed by atoms with Gasteiger partial charge in [0, 0.05) is 50.6 Å². The standard InChI is InChI=1S/C26H36N4O3S/c1-20(2)21-7-10-23(11-8-21)34(32,33)28-22-9-12-25(29-17-13-27-14-18-29)24(19-22)26(31)30-15-5-3-4-6-16-30/h7-12,19-20,27-28H,3-6,13-18H2,1-2H3. The molecule has 2 saturated heterocycles. The first-order chi connectivity index (χ1) is 16.3. The molecule has 0 atom stereocenters. The zero-order chi connectivity index (χ0) is 24.1. The fraction of sp³-hybridized carbons (Fsp3) is 0.500. The van der Waals surface area contributed by atoms with Crippen LogP contribution < -0.4 is 14.9 Å². The number of carbonyl (C=O) groups is 1. The average molecular weight is 485 g/mol. The van der Waals surface area contributed by atoms with Crippen molar-refractivity contribution < 1.29 is 13.2 Å². The largest absolute Gasteiger partial charge is 0.368 e. The maximum absolute atomic E-state index is 13.6. The molecular weight excluding hydrogens is 448 g/mol. The van der Waals surface area contributed by atoms with Crippen molar-refractivity contribution in [3.63, 3.8) is 0 Å². The van der Waals surface area contributed by atoms with Gasteiger partial charge in [0.25, 0.3) is 15.9 Å². The highest BCUT2D eigenvalue weighted by Crippen LogP contribution is 2.29. The van der Waals surface area contributed by atoms with Crippen molar-refractivity contribution in [2.75, 3.05) is 48.9 Å². The van der Waals surface area contributed by atoms with Crippen LogP contribution in [0.4, 0.5) is 11.4 Å². The maximum Gasteiger partial charge on any atom is 0.261 e. The number of piperazine rings is 1. The van der Waals surface area contributed by atoms with E-state index in [9.17, 15) is 13.2 Å². The lowest BCUT2D eigenvalue weighted by Crippen LogP contribution is -2.44. The molecule has 184 valence electrons. The molecule has 0 aromatic heterocycles. The first-order valence-corrected chi connectivity index (χ1v) is 13.9. The van der Waals surface area contributed by atoms with Gasteiger partial charge in [-0.05, 0) is 54.7 Å². The first kappa shape index (κ1) is 24.5. The van der Waals surface area contributed by atoms with E-state index in [1.165, 1.54) is 0 Å². The molecule has 8 heteroatoms. The highest BCUT2D eigenvalue weighted by Gasteiger charge is 2.25. The highest BCUT2D eigenvalue weighted by atomic mass is 32.2. The summed E-state index contributed by atoms with van der Waals surface area (Å²) in [6.07, 6.45) is 4.30. The lowest BCUT2D eigenvalue weighted by molar-refractivity contribution is 0.0762. The molecule has 1 amide bonds. The van der Waals surface area contributed by atoms with Gasteiger partial charge < -0.3 is 15.1 Å². The zero-order valence-electron chi connectivity index (χ0n) is 20.2. The minimum absolute atomic E-state index is 0.0160. The normalized spacial score (nSPS) is 17.5. The van der Waals surface area contributed by atoms with Gasteiger partial charge in [0.1, 0.15) is 0 Å². The quantitative estimate of drug-likeness (QED) is 0.647. The van der Waals surface area contributed by atoms with Crippen molar-refractivity contribution in [2.24, 2.45) is 0 Å². The van der Waals surface area contributed by atoms with Crippen LogP contribution in [0.1, 0.15) is 61.4 Å². The molecule has 2 fully saturated rings. The predicted molar refractivity (Wildman–Crippen MR) is 137 cm³/mol. The molecule has 2 aliphatic rings. The summed E-state index contributed by atoms with van der Waals surface area (Å²) in [5.41, 5.74) is 2.94. The smallest absolute Gasteiger partial charge is 0.261 e. The Hall–Kier alpha value is -2.58. The molecule has 2 heterocycles. The number of hydrogen-bond acceptors (Lipinski definition) is 5. The number of sulfonamides is 1. The second-order valence-electron chi connectivity index (χ2n) is 9.50. The third-order valence-corrected chi connectivity index (χ3v) is 8.08. The van der Waals surface area contributed by atoms with Gasteiger partial charge in [0.2, 0.25) is 0 Å². The van der Waals surface area contributed by atoms with Crippen LogP contribution in [0, 0.1) is 0 Å². The molecule has 0 bridgehead atoms. The van der Waals surface area contributed by atoms with Crippen LogP contribution in [0.5, 0.6) is 0 Å². The van der Waals surface area contributed by atoms with Crippen LogP contribution in [0.2, 0.25) is 0 Å². The first-order valence-electron chi connectivity index (χ1n) is 12.4. The summed E-state index contributed by atoms with van der Waals surface area (Å²) in [4.78, 5) is 18.0. The molecule has 2 aromatic rings. The van der Waals surface area contributed by atoms with E-state index < -0.39 is 10.0 Å². The van der Waals surface area contributed by atoms with E-state index >= 15 is 0 Å². The minimum atomic E-state index is -3.77. The van der Waals surface area contributed by atoms with Gasteiger partial charge in [0.15, 0.2) is 0 Å². The topological polar surface area (TPSA) is 81.8 Å². The Morgan fingerprint density at radius 2 is 1.56 bits per heavy atom. The molecule has 4 rings (SSSR count). The molecule has 0 radical (unpaired) electrons. The van der Waals surface area contributed by atoms with Crippen LogP contribution in [0.25, 0.3) is 0 Å². The van der Waals surface area contributed by atoms with Gasteiger partial charge in [-0.25, -0.2) is 8.42 Å². The number of likely N-dealkylation sites (tertiary alicyclic amines) is 1. The minimum Gasteiger partial charge on any atom is -0.368 e. The number of nitrogens with zero attached hydrogens (tertiary/aromatic N) is 2. The van der Waals surface area contributed by atoms with E-state index in [2.05, 4.69) is 28.8 Å². The number of benzene rings is 2. The highest BCUT2D eigenvalue weighted by molar-refractivity contribution is 7.92. The Kier molecular flexibility index (Phi) is 7.78. The van der Waals surface area contributed by atoms with Crippen molar-refractivity contribution in [1.82, 2.24) is 10.2 Å². The second kappa shape index (κ2) is 10.8. The number of amides is 1. The van der Waals surface area contributed by atoms with Gasteiger partial charge in [-0.15, -0.1) is 0 Å². The second-order valence-corrected chi connectivity index (χ2v) is 11.2. The van der Waals surface area contributed by atoms with Crippen LogP contribution in [-0.2, 0) is 10.0 Å². The lowest BCUT2D eigenvalue weighted by Gasteiger charge is -2.32. The number of anilines is 2. The summed E-state index contributed by atoms with van der Waals surface area (Å²) in [6.45, 7) is 8.99. The fourth-order valence-corrected chi connectivity index (χ4v) is 5.69. The Labute approximate surface area is 203 Å². The maximum atomic E-state index is 13.6. The van der Waals surface area contributed by atoms with Gasteiger partial charge in [-0.2, -0.15) is 0 Å². The Morgan fingerprint density at radius 3 is 2.18 bits per heavy atom. The molecule has 2 N–H and O–H groups in total. The SMILES string of the molecule is CC(C)c1ccc(S(=O)(=O)Nc2ccc(N3CCNCC3)c(C(=O)N3CCCCCC3)c2)cc1. The fourth-order valence-electron chi connectivity index (χ4n) is 4.64. The van der Waals surface area contributed by atoms with Crippen molar-refractivity contribution in [3.05, 3.63) is 53.6 Å². The molecule has 0 unspecified atom stereocenters. The third kappa shape index (κ3) is 5.73. The average Bonchev–Trinajstić information content (AvgIpc) is 3.13. The van der Waals surface area contributed by atoms with Crippen LogP contribution >= 0.6 is 0 Å². The third-order valence-electron chi connectivity index (χ3n) is 6.69. The summed E-state index contributed by atoms with van der Waals surface area (Å²) in [6, 6.07) is 12.3. The van der Waals surface area contributed by atoms with E-state index in [4.69, 9.17) is 0 Å². The predicted octanol–water partition coefficient (Wildman–Crippen LogP) is 4.04. The van der Waals surface area contributed by atoms with Crippen LogP contribution in [-0.4, -0.2) is 58.5 Å². The summed E-state index contributed by atoms with van der Waals surface area (Å²) < 4.78 is 28.8. The van der Waals surface area contributed by atoms with Crippen molar-refractivity contribution in [2.45, 2.75) is 50.3 Å². The Balaban J connectivity index is 1.63. The van der Waals surface area contributed by atoms with Crippen molar-refractivity contribution >= 4 is 27.3 Å². The molecule has 0 aliphatic carbocycles. The van der Waals surface area contributed by atoms with Crippen LogP contribution in [0.15, 0.2) is 47.4 Å². The monoisotopic (exact) mass is 484 g/mol. The van der Waals surface area contributed by atoms with E-state index in [1.807, 2.05) is 23.1 Å². The lowest BCUT2D eigenvalue weighted by atomic mass is 10.0. The molecule has 0 saturated carbocycles. The molecular formula is C26H36N4O3S. The number of nitrogens with one attached hydrogen (secondary N) is 2. The van der Waals surface area contributed by atoms with Crippen LogP contribution in [0.3, 0.4) is 0 Å². The Morgan fingerprint density at radius 1 is 0.912 bits per heavy atom. The van der Waals surface area contributed by atoms with Crippen molar-refractivity contribution in [1.29, 1.82) is 0 Å². The molecule has 2 aromatic carbocycles. The molecule has 2 aliphatic heterocycles. The van der Waals surface area contributed by atoms with Gasteiger partial charge in [0.05, 0.1) is 10.5 Å². The molecule has 7 nitrogen and oxygen atoms in total. The van der Waals surface area contributed by atoms with E-state index in [1.54, 1.807) is 24.3 Å². The summed E-state index contributed by atoms with van der Waals surface area (Å²) in [5.74, 6) is 0.313. The summed E-state index contributed by atoms with van der Waals surface area (Å²) >= 11 is 0. The molecule has 0 spiro atoms. The van der Waals surface area contributed by atoms with Gasteiger partial charge in [-0.1, -0.05) is 38.8 Å². The van der Waals surface area contributed by atoms with E-state index in [0.717, 1.165) is 76.2 Å². The van der Waals surface area contributed by atoms with E-state index in [-0.39, 0.29) is 10.8 Å². The van der Waals surface area contributed by atoms with Gasteiger partial charge >= 0.3 is 0 Å². The zero-order valence-corrected chi connectivity index (χ0v) is 21.0. The van der Waals surface area contributed by atoms with Crippen molar-refractivity contribution in [3.8, 4) is 0 Å². The summed E-state index contributed by atoms with van der Waals surface area (Å²) in [7, 11) is -3.77. The number of carbonyl (C=O) groups excluding carboxylic acids is 1. The Bertz CT molecular complexity index is 1090. The number of rotatable bonds is 6. The number of hydrogen-bond donors (Lipinski definition) is 2.